The summed E-state index contributed by atoms with van der Waals surface area (Å²) < 4.78 is 13.1. The number of ether oxygens (including phenoxy) is 2. The fraction of sp³-hybridized carbons (Fsp3) is 0.323. The number of aromatic nitrogens is 3. The number of hydrogen-bond donors (Lipinski definition) is 0. The fourth-order valence-corrected chi connectivity index (χ4v) is 7.68. The van der Waals surface area contributed by atoms with Crippen LogP contribution in [0.15, 0.2) is 46.9 Å². The first-order valence-corrected chi connectivity index (χ1v) is 15.3. The highest BCUT2D eigenvalue weighted by molar-refractivity contribution is 7.99. The molecule has 3 heterocycles. The molecule has 218 valence electrons. The van der Waals surface area contributed by atoms with Crippen molar-refractivity contribution < 1.29 is 23.9 Å². The molecular weight excluding hydrogens is 574 g/mol. The minimum atomic E-state index is -0.598. The first kappa shape index (κ1) is 29.5. The molecule has 0 bridgehead atoms. The number of allylic oxidation sites excluding steroid dienone is 1. The Bertz CT molecular complexity index is 1780. The number of rotatable bonds is 9. The summed E-state index contributed by atoms with van der Waals surface area (Å²) in [6.45, 7) is 7.76. The number of aryl methyl sites for hydroxylation is 3. The molecule has 0 spiro atoms. The van der Waals surface area contributed by atoms with Crippen molar-refractivity contribution >= 4 is 51.0 Å². The number of thiophene rings is 1. The highest BCUT2D eigenvalue weighted by Gasteiger charge is 2.24. The van der Waals surface area contributed by atoms with E-state index in [0.29, 0.717) is 34.0 Å². The summed E-state index contributed by atoms with van der Waals surface area (Å²) in [4.78, 5) is 58.6. The van der Waals surface area contributed by atoms with Gasteiger partial charge >= 0.3 is 11.9 Å². The van der Waals surface area contributed by atoms with Crippen molar-refractivity contribution in [3.8, 4) is 5.69 Å². The predicted molar refractivity (Wildman–Crippen MR) is 164 cm³/mol. The second kappa shape index (κ2) is 12.1. The van der Waals surface area contributed by atoms with Crippen LogP contribution in [0, 0.1) is 13.8 Å². The van der Waals surface area contributed by atoms with E-state index < -0.39 is 11.9 Å². The first-order valence-electron chi connectivity index (χ1n) is 13.5. The van der Waals surface area contributed by atoms with Crippen molar-refractivity contribution in [3.05, 3.63) is 85.8 Å². The second-order valence-electron chi connectivity index (χ2n) is 10.1. The number of esters is 2. The average Bonchev–Trinajstić information content (AvgIpc) is 3.52. The summed E-state index contributed by atoms with van der Waals surface area (Å²) in [5.74, 6) is -1.26. The van der Waals surface area contributed by atoms with E-state index in [1.165, 1.54) is 36.9 Å². The van der Waals surface area contributed by atoms with Gasteiger partial charge in [-0.15, -0.1) is 17.9 Å². The minimum Gasteiger partial charge on any atom is -0.465 e. The van der Waals surface area contributed by atoms with Crippen molar-refractivity contribution in [3.63, 3.8) is 0 Å². The molecule has 0 saturated carbocycles. The molecule has 0 saturated heterocycles. The van der Waals surface area contributed by atoms with E-state index in [-0.39, 0.29) is 28.2 Å². The molecule has 4 aromatic rings. The largest absolute Gasteiger partial charge is 0.465 e. The number of hydrogen-bond acceptors (Lipinski definition) is 9. The van der Waals surface area contributed by atoms with Crippen LogP contribution in [0.3, 0.4) is 0 Å². The van der Waals surface area contributed by atoms with Gasteiger partial charge in [-0.25, -0.2) is 14.6 Å². The zero-order valence-corrected chi connectivity index (χ0v) is 25.6. The summed E-state index contributed by atoms with van der Waals surface area (Å²) in [5, 5.41) is 1.19. The zero-order chi connectivity index (χ0) is 30.1. The SMILES string of the molecule is C=CCn1c(SCC(=O)c2cc(C)n(-c3cc(C(=O)OC)cc(C(=O)OC)c3)c2C)nc2sc3c(c2c1=O)CCCC3. The van der Waals surface area contributed by atoms with E-state index in [1.54, 1.807) is 40.2 Å². The number of fused-ring (bicyclic) bond motifs is 3. The van der Waals surface area contributed by atoms with Crippen molar-refractivity contribution in [2.75, 3.05) is 20.0 Å². The van der Waals surface area contributed by atoms with Gasteiger partial charge in [0.25, 0.3) is 5.56 Å². The lowest BCUT2D eigenvalue weighted by molar-refractivity contribution is 0.0598. The van der Waals surface area contributed by atoms with Crippen molar-refractivity contribution in [2.45, 2.75) is 51.2 Å². The number of methoxy groups -OCH3 is 2. The maximum atomic E-state index is 13.6. The number of nitrogens with zero attached hydrogens (tertiary/aromatic N) is 3. The van der Waals surface area contributed by atoms with Crippen molar-refractivity contribution in [2.24, 2.45) is 0 Å². The molecule has 1 aromatic carbocycles. The van der Waals surface area contributed by atoms with Crippen LogP contribution in [0.5, 0.6) is 0 Å². The molecule has 1 aliphatic carbocycles. The smallest absolute Gasteiger partial charge is 0.337 e. The highest BCUT2D eigenvalue weighted by atomic mass is 32.2. The van der Waals surface area contributed by atoms with Crippen LogP contribution in [0.25, 0.3) is 15.9 Å². The van der Waals surface area contributed by atoms with Crippen LogP contribution in [0.2, 0.25) is 0 Å². The third-order valence-corrected chi connectivity index (χ3v) is 9.60. The Morgan fingerprint density at radius 2 is 1.71 bits per heavy atom. The standard InChI is InChI=1S/C31H31N3O6S2/c1-6-11-33-28(36)26-22-9-7-8-10-25(22)42-27(26)32-31(33)41-16-24(35)23-12-17(2)34(18(23)3)21-14-19(29(37)39-4)13-20(15-21)30(38)40-5/h6,12-15H,1,7-11,16H2,2-5H3. The molecular formula is C31H31N3O6S2. The molecule has 0 atom stereocenters. The molecule has 0 N–H and O–H groups in total. The van der Waals surface area contributed by atoms with Gasteiger partial charge < -0.3 is 14.0 Å². The lowest BCUT2D eigenvalue weighted by Gasteiger charge is -2.13. The van der Waals surface area contributed by atoms with Gasteiger partial charge in [-0.05, 0) is 69.4 Å². The topological polar surface area (TPSA) is 109 Å². The number of carbonyl (C=O) groups excluding carboxylic acids is 3. The monoisotopic (exact) mass is 605 g/mol. The van der Waals surface area contributed by atoms with Gasteiger partial charge in [0.05, 0.1) is 36.5 Å². The summed E-state index contributed by atoms with van der Waals surface area (Å²) >= 11 is 2.82. The Morgan fingerprint density at radius 3 is 2.36 bits per heavy atom. The Hall–Kier alpha value is -3.96. The molecule has 5 rings (SSSR count). The zero-order valence-electron chi connectivity index (χ0n) is 23.9. The number of carbonyl (C=O) groups is 3. The van der Waals surface area contributed by atoms with Crippen LogP contribution in [0.4, 0.5) is 0 Å². The quantitative estimate of drug-likeness (QED) is 0.0812. The summed E-state index contributed by atoms with van der Waals surface area (Å²) in [6, 6.07) is 6.40. The average molecular weight is 606 g/mol. The van der Waals surface area contributed by atoms with Gasteiger partial charge in [-0.3, -0.25) is 14.2 Å². The Kier molecular flexibility index (Phi) is 8.51. The van der Waals surface area contributed by atoms with Crippen LogP contribution in [0.1, 0.15) is 65.7 Å². The molecule has 0 aliphatic heterocycles. The molecule has 0 radical (unpaired) electrons. The maximum absolute atomic E-state index is 13.6. The molecule has 0 unspecified atom stereocenters. The fourth-order valence-electron chi connectivity index (χ4n) is 5.48. The van der Waals surface area contributed by atoms with Crippen LogP contribution in [-0.4, -0.2) is 51.8 Å². The molecule has 42 heavy (non-hydrogen) atoms. The van der Waals surface area contributed by atoms with Crippen molar-refractivity contribution in [1.82, 2.24) is 14.1 Å². The van der Waals surface area contributed by atoms with Gasteiger partial charge in [0.1, 0.15) is 4.83 Å². The number of benzene rings is 1. The molecule has 0 amide bonds. The summed E-state index contributed by atoms with van der Waals surface area (Å²) in [7, 11) is 2.53. The summed E-state index contributed by atoms with van der Waals surface area (Å²) in [6.07, 6.45) is 5.71. The molecule has 11 heteroatoms. The van der Waals surface area contributed by atoms with E-state index in [9.17, 15) is 19.2 Å². The van der Waals surface area contributed by atoms with Gasteiger partial charge in [-0.1, -0.05) is 17.8 Å². The van der Waals surface area contributed by atoms with E-state index in [4.69, 9.17) is 14.5 Å². The van der Waals surface area contributed by atoms with E-state index >= 15 is 0 Å². The van der Waals surface area contributed by atoms with E-state index in [0.717, 1.165) is 41.8 Å². The Labute approximate surface area is 251 Å². The number of thioether (sulfide) groups is 1. The number of ketones is 1. The lowest BCUT2D eigenvalue weighted by atomic mass is 9.97. The third-order valence-electron chi connectivity index (χ3n) is 7.43. The second-order valence-corrected chi connectivity index (χ2v) is 12.1. The van der Waals surface area contributed by atoms with Gasteiger partial charge in [0.15, 0.2) is 10.9 Å². The molecule has 9 nitrogen and oxygen atoms in total. The van der Waals surface area contributed by atoms with Crippen LogP contribution < -0.4 is 5.56 Å². The normalized spacial score (nSPS) is 12.7. The Balaban J connectivity index is 1.48. The van der Waals surface area contributed by atoms with Gasteiger partial charge in [0.2, 0.25) is 0 Å². The first-order chi connectivity index (χ1) is 20.2. The van der Waals surface area contributed by atoms with E-state index in [1.807, 2.05) is 18.4 Å². The predicted octanol–water partition coefficient (Wildman–Crippen LogP) is 5.48. The summed E-state index contributed by atoms with van der Waals surface area (Å²) in [5.41, 5.74) is 3.82. The van der Waals surface area contributed by atoms with E-state index in [2.05, 4.69) is 6.58 Å². The number of Topliss-reactive ketones (excluding diaryl/α,β-unsaturated/α-hetero) is 1. The molecule has 1 aliphatic rings. The molecule has 3 aromatic heterocycles. The third kappa shape index (κ3) is 5.34. The maximum Gasteiger partial charge on any atom is 0.337 e. The van der Waals surface area contributed by atoms with Crippen LogP contribution >= 0.6 is 23.1 Å². The Morgan fingerprint density at radius 1 is 1.05 bits per heavy atom. The lowest BCUT2D eigenvalue weighted by Crippen LogP contribution is -2.23. The molecule has 0 fully saturated rings. The van der Waals surface area contributed by atoms with Gasteiger partial charge in [-0.2, -0.15) is 0 Å². The van der Waals surface area contributed by atoms with Crippen LogP contribution in [-0.2, 0) is 28.9 Å². The highest BCUT2D eigenvalue weighted by Crippen LogP contribution is 2.35. The minimum absolute atomic E-state index is 0.0695. The van der Waals surface area contributed by atoms with Gasteiger partial charge in [0, 0.05) is 34.1 Å². The van der Waals surface area contributed by atoms with Crippen molar-refractivity contribution in [1.29, 1.82) is 0 Å².